The smallest absolute Gasteiger partial charge is 0.221 e. The summed E-state index contributed by atoms with van der Waals surface area (Å²) in [6.07, 6.45) is 2.42. The lowest BCUT2D eigenvalue weighted by Crippen LogP contribution is -2.28. The lowest BCUT2D eigenvalue weighted by molar-refractivity contribution is -0.121. The first kappa shape index (κ1) is 23.5. The molecule has 0 saturated heterocycles. The van der Waals surface area contributed by atoms with Gasteiger partial charge in [0.25, 0.3) is 0 Å². The second-order valence-corrected chi connectivity index (χ2v) is 8.23. The van der Waals surface area contributed by atoms with E-state index in [1.54, 1.807) is 26.4 Å². The molecule has 0 fully saturated rings. The molecule has 0 aliphatic rings. The fraction of sp³-hybridized carbons (Fsp3) is 0.250. The highest BCUT2D eigenvalue weighted by Gasteiger charge is 2.23. The van der Waals surface area contributed by atoms with E-state index in [0.29, 0.717) is 26.1 Å². The monoisotopic (exact) mass is 460 g/mol. The largest absolute Gasteiger partial charge is 0.497 e. The van der Waals surface area contributed by atoms with E-state index >= 15 is 0 Å². The van der Waals surface area contributed by atoms with Crippen LogP contribution in [-0.2, 0) is 16.1 Å². The van der Waals surface area contributed by atoms with Crippen molar-refractivity contribution in [2.24, 2.45) is 0 Å². The number of hydrogen-bond acceptors (Lipinski definition) is 3. The van der Waals surface area contributed by atoms with Crippen LogP contribution in [0.2, 0.25) is 0 Å². The van der Waals surface area contributed by atoms with E-state index in [1.807, 2.05) is 36.4 Å². The summed E-state index contributed by atoms with van der Waals surface area (Å²) in [6.45, 7) is 1.54. The second-order valence-electron chi connectivity index (χ2n) is 8.23. The molecule has 0 aliphatic carbocycles. The highest BCUT2D eigenvalue weighted by molar-refractivity contribution is 5.86. The summed E-state index contributed by atoms with van der Waals surface area (Å²) >= 11 is 0. The zero-order valence-electron chi connectivity index (χ0n) is 19.5. The lowest BCUT2D eigenvalue weighted by atomic mass is 9.88. The molecule has 1 heterocycles. The van der Waals surface area contributed by atoms with Gasteiger partial charge in [-0.3, -0.25) is 4.79 Å². The lowest BCUT2D eigenvalue weighted by Gasteiger charge is -2.18. The first-order chi connectivity index (χ1) is 16.6. The summed E-state index contributed by atoms with van der Waals surface area (Å²) in [5, 5.41) is 4.04. The van der Waals surface area contributed by atoms with Gasteiger partial charge in [-0.05, 0) is 47.0 Å². The topological polar surface area (TPSA) is 52.5 Å². The first-order valence-electron chi connectivity index (χ1n) is 11.3. The Morgan fingerprint density at radius 3 is 2.44 bits per heavy atom. The Balaban J connectivity index is 1.73. The van der Waals surface area contributed by atoms with E-state index in [0.717, 1.165) is 33.3 Å². The number of aromatic nitrogens is 1. The molecular weight excluding hydrogens is 431 g/mol. The van der Waals surface area contributed by atoms with Gasteiger partial charge in [-0.15, -0.1) is 0 Å². The Labute approximate surface area is 199 Å². The average Bonchev–Trinajstić information content (AvgIpc) is 3.22. The maximum Gasteiger partial charge on any atom is 0.221 e. The van der Waals surface area contributed by atoms with Crippen LogP contribution in [0.1, 0.15) is 29.0 Å². The molecule has 4 aromatic rings. The highest BCUT2D eigenvalue weighted by Crippen LogP contribution is 2.35. The zero-order valence-corrected chi connectivity index (χ0v) is 19.5. The predicted molar refractivity (Wildman–Crippen MR) is 132 cm³/mol. The van der Waals surface area contributed by atoms with Crippen molar-refractivity contribution in [2.75, 3.05) is 27.4 Å². The molecule has 176 valence electrons. The molecule has 0 spiro atoms. The minimum Gasteiger partial charge on any atom is -0.497 e. The van der Waals surface area contributed by atoms with Gasteiger partial charge in [0.05, 0.1) is 13.7 Å². The molecule has 1 aromatic heterocycles. The third-order valence-electron chi connectivity index (χ3n) is 6.00. The van der Waals surface area contributed by atoms with Gasteiger partial charge in [0, 0.05) is 49.6 Å². The molecule has 3 aromatic carbocycles. The number of methoxy groups -OCH3 is 2. The standard InChI is InChI=1S/C28H29FN2O3/c1-33-16-15-30-28(32)17-25(21-9-13-23(34-2)14-10-21)26-19-31(27-6-4-3-5-24(26)27)18-20-7-11-22(29)12-8-20/h3-14,19,25H,15-18H2,1-2H3,(H,30,32). The summed E-state index contributed by atoms with van der Waals surface area (Å²) in [5.41, 5.74) is 4.18. The predicted octanol–water partition coefficient (Wildman–Crippen LogP) is 5.12. The van der Waals surface area contributed by atoms with Crippen molar-refractivity contribution in [3.8, 4) is 5.75 Å². The number of nitrogens with zero attached hydrogens (tertiary/aromatic N) is 1. The fourth-order valence-corrected chi connectivity index (χ4v) is 4.26. The number of rotatable bonds is 10. The molecule has 1 N–H and O–H groups in total. The number of nitrogens with one attached hydrogen (secondary N) is 1. The fourth-order valence-electron chi connectivity index (χ4n) is 4.26. The summed E-state index contributed by atoms with van der Waals surface area (Å²) in [5.74, 6) is 0.340. The van der Waals surface area contributed by atoms with Gasteiger partial charge in [-0.25, -0.2) is 4.39 Å². The Kier molecular flexibility index (Phi) is 7.60. The van der Waals surface area contributed by atoms with Crippen LogP contribution < -0.4 is 10.1 Å². The summed E-state index contributed by atoms with van der Waals surface area (Å²) in [6, 6.07) is 22.6. The molecular formula is C28H29FN2O3. The van der Waals surface area contributed by atoms with Crippen LogP contribution in [0, 0.1) is 5.82 Å². The number of halogens is 1. The minimum absolute atomic E-state index is 0.0340. The number of fused-ring (bicyclic) bond motifs is 1. The number of ether oxygens (including phenoxy) is 2. The number of para-hydroxylation sites is 1. The average molecular weight is 461 g/mol. The Bertz CT molecular complexity index is 1230. The van der Waals surface area contributed by atoms with Crippen molar-refractivity contribution in [1.29, 1.82) is 0 Å². The maximum atomic E-state index is 13.4. The van der Waals surface area contributed by atoms with Crippen molar-refractivity contribution in [3.63, 3.8) is 0 Å². The van der Waals surface area contributed by atoms with E-state index in [-0.39, 0.29) is 17.6 Å². The van der Waals surface area contributed by atoms with Gasteiger partial charge in [0.2, 0.25) is 5.91 Å². The van der Waals surface area contributed by atoms with Crippen LogP contribution in [0.3, 0.4) is 0 Å². The van der Waals surface area contributed by atoms with Crippen molar-refractivity contribution in [2.45, 2.75) is 18.9 Å². The Morgan fingerprint density at radius 1 is 1.00 bits per heavy atom. The van der Waals surface area contributed by atoms with E-state index in [4.69, 9.17) is 9.47 Å². The summed E-state index contributed by atoms with van der Waals surface area (Å²) < 4.78 is 26.0. The number of carbonyl (C=O) groups excluding carboxylic acids is 1. The minimum atomic E-state index is -0.249. The van der Waals surface area contributed by atoms with Gasteiger partial charge in [-0.2, -0.15) is 0 Å². The highest BCUT2D eigenvalue weighted by atomic mass is 19.1. The van der Waals surface area contributed by atoms with Crippen LogP contribution in [0.4, 0.5) is 4.39 Å². The van der Waals surface area contributed by atoms with E-state index in [1.165, 1.54) is 12.1 Å². The molecule has 0 saturated carbocycles. The number of hydrogen-bond donors (Lipinski definition) is 1. The third kappa shape index (κ3) is 5.46. The molecule has 1 amide bonds. The van der Waals surface area contributed by atoms with Crippen LogP contribution in [0.5, 0.6) is 5.75 Å². The Morgan fingerprint density at radius 2 is 1.74 bits per heavy atom. The van der Waals surface area contributed by atoms with Crippen molar-refractivity contribution in [3.05, 3.63) is 102 Å². The van der Waals surface area contributed by atoms with Crippen LogP contribution in [0.25, 0.3) is 10.9 Å². The SMILES string of the molecule is COCCNC(=O)CC(c1ccc(OC)cc1)c1cn(Cc2ccc(F)cc2)c2ccccc12. The van der Waals surface area contributed by atoms with Crippen molar-refractivity contribution in [1.82, 2.24) is 9.88 Å². The third-order valence-corrected chi connectivity index (χ3v) is 6.00. The van der Waals surface area contributed by atoms with E-state index in [9.17, 15) is 9.18 Å². The zero-order chi connectivity index (χ0) is 23.9. The van der Waals surface area contributed by atoms with Crippen LogP contribution >= 0.6 is 0 Å². The molecule has 1 unspecified atom stereocenters. The summed E-state index contributed by atoms with van der Waals surface area (Å²) in [7, 11) is 3.25. The quantitative estimate of drug-likeness (QED) is 0.334. The first-order valence-corrected chi connectivity index (χ1v) is 11.3. The maximum absolute atomic E-state index is 13.4. The molecule has 34 heavy (non-hydrogen) atoms. The van der Waals surface area contributed by atoms with Gasteiger partial charge in [0.1, 0.15) is 11.6 Å². The molecule has 0 bridgehead atoms. The number of amides is 1. The molecule has 0 aliphatic heterocycles. The van der Waals surface area contributed by atoms with E-state index in [2.05, 4.69) is 28.2 Å². The van der Waals surface area contributed by atoms with Gasteiger partial charge < -0.3 is 19.4 Å². The second kappa shape index (κ2) is 11.0. The van der Waals surface area contributed by atoms with Gasteiger partial charge >= 0.3 is 0 Å². The van der Waals surface area contributed by atoms with Crippen molar-refractivity contribution >= 4 is 16.8 Å². The molecule has 4 rings (SSSR count). The summed E-state index contributed by atoms with van der Waals surface area (Å²) in [4.78, 5) is 12.8. The van der Waals surface area contributed by atoms with Gasteiger partial charge in [0.15, 0.2) is 0 Å². The normalized spacial score (nSPS) is 12.0. The molecule has 1 atom stereocenters. The number of carbonyl (C=O) groups is 1. The molecule has 0 radical (unpaired) electrons. The Hall–Kier alpha value is -3.64. The van der Waals surface area contributed by atoms with Crippen molar-refractivity contribution < 1.29 is 18.7 Å². The van der Waals surface area contributed by atoms with E-state index < -0.39 is 0 Å². The van der Waals surface area contributed by atoms with Crippen LogP contribution in [-0.4, -0.2) is 37.8 Å². The van der Waals surface area contributed by atoms with Gasteiger partial charge in [-0.1, -0.05) is 42.5 Å². The molecule has 6 heteroatoms. The molecule has 5 nitrogen and oxygen atoms in total. The van der Waals surface area contributed by atoms with Crippen LogP contribution in [0.15, 0.2) is 79.0 Å². The number of benzene rings is 3.